The van der Waals surface area contributed by atoms with Gasteiger partial charge >= 0.3 is 0 Å². The Kier molecular flexibility index (Phi) is 3.73. The molecule has 0 bridgehead atoms. The van der Waals surface area contributed by atoms with Crippen LogP contribution in [0.3, 0.4) is 0 Å². The van der Waals surface area contributed by atoms with Crippen molar-refractivity contribution >= 4 is 0 Å². The van der Waals surface area contributed by atoms with Gasteiger partial charge in [0.15, 0.2) is 0 Å². The quantitative estimate of drug-likeness (QED) is 0.720. The first-order valence-electron chi connectivity index (χ1n) is 11.1. The van der Waals surface area contributed by atoms with Crippen LogP contribution in [0.4, 0.5) is 0 Å². The summed E-state index contributed by atoms with van der Waals surface area (Å²) in [5.74, 6) is 4.53. The van der Waals surface area contributed by atoms with E-state index in [2.05, 4.69) is 20.8 Å². The highest BCUT2D eigenvalue weighted by atomic mass is 16.5. The lowest BCUT2D eigenvalue weighted by molar-refractivity contribution is -0.180. The molecule has 0 aromatic carbocycles. The van der Waals surface area contributed by atoms with Crippen molar-refractivity contribution in [1.82, 2.24) is 0 Å². The summed E-state index contributed by atoms with van der Waals surface area (Å²) in [6.45, 7) is 9.78. The first-order chi connectivity index (χ1) is 11.9. The maximum absolute atomic E-state index is 10.2. The molecule has 1 saturated heterocycles. The summed E-state index contributed by atoms with van der Waals surface area (Å²) >= 11 is 0. The van der Waals surface area contributed by atoms with Gasteiger partial charge < -0.3 is 9.84 Å². The Hall–Kier alpha value is -0.0800. The average Bonchev–Trinajstić information content (AvgIpc) is 2.91. The summed E-state index contributed by atoms with van der Waals surface area (Å²) < 4.78 is 5.65. The van der Waals surface area contributed by atoms with Crippen LogP contribution in [-0.2, 0) is 4.74 Å². The molecular weight excluding hydrogens is 308 g/mol. The number of rotatable bonds is 1. The molecule has 142 valence electrons. The summed E-state index contributed by atoms with van der Waals surface area (Å²) in [5, 5.41) is 10.2. The molecular formula is C23H38O2. The van der Waals surface area contributed by atoms with Gasteiger partial charge in [0.25, 0.3) is 0 Å². The van der Waals surface area contributed by atoms with E-state index in [-0.39, 0.29) is 6.10 Å². The zero-order valence-corrected chi connectivity index (χ0v) is 16.6. The van der Waals surface area contributed by atoms with Crippen molar-refractivity contribution in [3.63, 3.8) is 0 Å². The van der Waals surface area contributed by atoms with Crippen molar-refractivity contribution in [2.24, 2.45) is 45.8 Å². The van der Waals surface area contributed by atoms with Crippen molar-refractivity contribution in [2.45, 2.75) is 84.7 Å². The van der Waals surface area contributed by atoms with E-state index in [0.29, 0.717) is 16.2 Å². The van der Waals surface area contributed by atoms with E-state index < -0.39 is 0 Å². The minimum absolute atomic E-state index is 0.0158. The van der Waals surface area contributed by atoms with Gasteiger partial charge in [-0.15, -0.1) is 0 Å². The second-order valence-electron chi connectivity index (χ2n) is 11.4. The summed E-state index contributed by atoms with van der Waals surface area (Å²) in [7, 11) is 0. The fourth-order valence-corrected chi connectivity index (χ4v) is 9.01. The molecule has 8 atom stereocenters. The number of aliphatic hydroxyl groups excluding tert-OH is 1. The van der Waals surface area contributed by atoms with Crippen LogP contribution in [0.5, 0.6) is 0 Å². The number of aliphatic hydroxyl groups is 1. The number of hydrogen-bond acceptors (Lipinski definition) is 2. The van der Waals surface area contributed by atoms with Gasteiger partial charge in [-0.2, -0.15) is 0 Å². The highest BCUT2D eigenvalue weighted by Gasteiger charge is 2.63. The minimum atomic E-state index is -0.0158. The van der Waals surface area contributed by atoms with Gasteiger partial charge in [0, 0.05) is 5.41 Å². The molecule has 4 saturated carbocycles. The van der Waals surface area contributed by atoms with Crippen molar-refractivity contribution in [3.8, 4) is 0 Å². The second-order valence-corrected chi connectivity index (χ2v) is 11.4. The fraction of sp³-hybridized carbons (Fsp3) is 1.00. The van der Waals surface area contributed by atoms with Crippen LogP contribution in [0.1, 0.15) is 78.6 Å². The molecule has 4 aliphatic carbocycles. The molecule has 0 radical (unpaired) electrons. The zero-order chi connectivity index (χ0) is 17.4. The molecule has 0 amide bonds. The summed E-state index contributed by atoms with van der Waals surface area (Å²) in [4.78, 5) is 0. The number of hydrogen-bond donors (Lipinski definition) is 1. The molecule has 2 nitrogen and oxygen atoms in total. The summed E-state index contributed by atoms with van der Waals surface area (Å²) in [6, 6.07) is 0. The second kappa shape index (κ2) is 5.47. The molecule has 0 aromatic heterocycles. The van der Waals surface area contributed by atoms with Crippen LogP contribution in [0.25, 0.3) is 0 Å². The molecule has 25 heavy (non-hydrogen) atoms. The van der Waals surface area contributed by atoms with Gasteiger partial charge in [-0.3, -0.25) is 0 Å². The lowest BCUT2D eigenvalue weighted by atomic mass is 9.44. The SMILES string of the molecule is CC1([C@H]2CC[C@H]3[C@@H]4CC[C@H]5C[C@H](O)CC[C@]5(C)[C@H]4CC[C@]23C)COC1. The van der Waals surface area contributed by atoms with Crippen molar-refractivity contribution in [1.29, 1.82) is 0 Å². The topological polar surface area (TPSA) is 29.5 Å². The summed E-state index contributed by atoms with van der Waals surface area (Å²) in [5.41, 5.74) is 1.55. The highest BCUT2D eigenvalue weighted by Crippen LogP contribution is 2.69. The fourth-order valence-electron chi connectivity index (χ4n) is 9.01. The molecule has 5 fully saturated rings. The highest BCUT2D eigenvalue weighted by molar-refractivity contribution is 5.12. The maximum atomic E-state index is 10.2. The lowest BCUT2D eigenvalue weighted by Gasteiger charge is -2.62. The van der Waals surface area contributed by atoms with Gasteiger partial charge in [0.2, 0.25) is 0 Å². The third-order valence-electron chi connectivity index (χ3n) is 10.3. The molecule has 5 rings (SSSR count). The van der Waals surface area contributed by atoms with Crippen LogP contribution in [0.15, 0.2) is 0 Å². The Bertz CT molecular complexity index is 540. The Labute approximate surface area is 154 Å². The van der Waals surface area contributed by atoms with Gasteiger partial charge in [-0.05, 0) is 98.2 Å². The normalized spacial score (nSPS) is 57.1. The lowest BCUT2D eigenvalue weighted by Crippen LogP contribution is -2.56. The van der Waals surface area contributed by atoms with Crippen LogP contribution < -0.4 is 0 Å². The first kappa shape index (κ1) is 17.0. The molecule has 2 heteroatoms. The number of ether oxygens (including phenoxy) is 1. The largest absolute Gasteiger partial charge is 0.393 e. The molecule has 1 aliphatic heterocycles. The van der Waals surface area contributed by atoms with E-state index >= 15 is 0 Å². The first-order valence-corrected chi connectivity index (χ1v) is 11.1. The van der Waals surface area contributed by atoms with E-state index in [0.717, 1.165) is 55.6 Å². The Morgan fingerprint density at radius 1 is 0.800 bits per heavy atom. The van der Waals surface area contributed by atoms with Gasteiger partial charge in [-0.1, -0.05) is 20.8 Å². The third-order valence-corrected chi connectivity index (χ3v) is 10.3. The predicted molar refractivity (Wildman–Crippen MR) is 100 cm³/mol. The smallest absolute Gasteiger partial charge is 0.0545 e. The van der Waals surface area contributed by atoms with E-state index in [9.17, 15) is 5.11 Å². The van der Waals surface area contributed by atoms with Crippen molar-refractivity contribution in [3.05, 3.63) is 0 Å². The average molecular weight is 347 g/mol. The maximum Gasteiger partial charge on any atom is 0.0545 e. The van der Waals surface area contributed by atoms with Crippen molar-refractivity contribution < 1.29 is 9.84 Å². The van der Waals surface area contributed by atoms with E-state index in [1.807, 2.05) is 0 Å². The molecule has 0 unspecified atom stereocenters. The van der Waals surface area contributed by atoms with Gasteiger partial charge in [0.1, 0.15) is 0 Å². The van der Waals surface area contributed by atoms with E-state index in [4.69, 9.17) is 4.74 Å². The minimum Gasteiger partial charge on any atom is -0.393 e. The molecule has 1 N–H and O–H groups in total. The van der Waals surface area contributed by atoms with Crippen LogP contribution >= 0.6 is 0 Å². The Balaban J connectivity index is 1.42. The zero-order valence-electron chi connectivity index (χ0n) is 16.6. The molecule has 5 aliphatic rings. The predicted octanol–water partition coefficient (Wildman–Crippen LogP) is 5.04. The van der Waals surface area contributed by atoms with Crippen LogP contribution in [0, 0.1) is 45.8 Å². The van der Waals surface area contributed by atoms with Crippen molar-refractivity contribution in [2.75, 3.05) is 13.2 Å². The molecule has 0 spiro atoms. The van der Waals surface area contributed by atoms with Gasteiger partial charge in [-0.25, -0.2) is 0 Å². The molecule has 1 heterocycles. The standard InChI is InChI=1S/C23H38O2/c1-21(13-25-14-21)20-7-6-18-17-5-4-15-12-16(24)8-10-22(15,2)19(17)9-11-23(18,20)3/h15-20,24H,4-14H2,1-3H3/t15-,16+,17-,18-,19-,20+,22-,23-/m0/s1. The number of fused-ring (bicyclic) bond motifs is 5. The van der Waals surface area contributed by atoms with E-state index in [1.54, 1.807) is 0 Å². The van der Waals surface area contributed by atoms with E-state index in [1.165, 1.54) is 44.9 Å². The van der Waals surface area contributed by atoms with Crippen LogP contribution in [-0.4, -0.2) is 24.4 Å². The monoisotopic (exact) mass is 346 g/mol. The van der Waals surface area contributed by atoms with Gasteiger partial charge in [0.05, 0.1) is 19.3 Å². The Morgan fingerprint density at radius 2 is 1.52 bits per heavy atom. The van der Waals surface area contributed by atoms with Crippen LogP contribution in [0.2, 0.25) is 0 Å². The Morgan fingerprint density at radius 3 is 2.24 bits per heavy atom. The third kappa shape index (κ3) is 2.22. The summed E-state index contributed by atoms with van der Waals surface area (Å²) in [6.07, 6.45) is 12.0. The molecule has 0 aromatic rings.